The first-order chi connectivity index (χ1) is 9.79. The number of hydrogen-bond donors (Lipinski definition) is 1. The topological polar surface area (TPSA) is 51.2 Å². The molecule has 1 aromatic heterocycles. The van der Waals surface area contributed by atoms with Gasteiger partial charge in [-0.15, -0.1) is 0 Å². The van der Waals surface area contributed by atoms with Crippen molar-refractivity contribution >= 4 is 5.97 Å². The summed E-state index contributed by atoms with van der Waals surface area (Å²) >= 11 is 0. The van der Waals surface area contributed by atoms with E-state index in [-0.39, 0.29) is 11.9 Å². The van der Waals surface area contributed by atoms with Crippen molar-refractivity contribution < 1.29 is 9.53 Å². The van der Waals surface area contributed by atoms with Crippen LogP contribution in [0.3, 0.4) is 0 Å². The van der Waals surface area contributed by atoms with Crippen molar-refractivity contribution in [3.05, 3.63) is 30.1 Å². The number of nitrogens with zero attached hydrogens (tertiary/aromatic N) is 1. The lowest BCUT2D eigenvalue weighted by Crippen LogP contribution is -2.37. The van der Waals surface area contributed by atoms with Gasteiger partial charge in [0.2, 0.25) is 0 Å². The van der Waals surface area contributed by atoms with Crippen LogP contribution in [0.25, 0.3) is 0 Å². The predicted octanol–water partition coefficient (Wildman–Crippen LogP) is 2.34. The molecule has 0 bridgehead atoms. The first-order valence-electron chi connectivity index (χ1n) is 7.59. The van der Waals surface area contributed by atoms with Crippen LogP contribution in [0.4, 0.5) is 0 Å². The summed E-state index contributed by atoms with van der Waals surface area (Å²) in [5.41, 5.74) is 1.11. The van der Waals surface area contributed by atoms with Gasteiger partial charge in [0, 0.05) is 30.9 Å². The van der Waals surface area contributed by atoms with Gasteiger partial charge >= 0.3 is 5.97 Å². The Bertz CT molecular complexity index is 408. The van der Waals surface area contributed by atoms with E-state index in [1.54, 1.807) is 0 Å². The van der Waals surface area contributed by atoms with Gasteiger partial charge in [-0.1, -0.05) is 12.5 Å². The second kappa shape index (κ2) is 8.00. The molecule has 1 aliphatic rings. The Labute approximate surface area is 120 Å². The molecule has 1 aliphatic carbocycles. The molecule has 0 aromatic carbocycles. The normalized spacial score (nSPS) is 22.4. The summed E-state index contributed by atoms with van der Waals surface area (Å²) < 4.78 is 5.13. The van der Waals surface area contributed by atoms with E-state index in [4.69, 9.17) is 4.74 Å². The van der Waals surface area contributed by atoms with Gasteiger partial charge in [0.05, 0.1) is 12.5 Å². The van der Waals surface area contributed by atoms with E-state index in [1.165, 1.54) is 0 Å². The summed E-state index contributed by atoms with van der Waals surface area (Å²) in [4.78, 5) is 16.1. The monoisotopic (exact) mass is 276 g/mol. The molecule has 1 heterocycles. The van der Waals surface area contributed by atoms with Gasteiger partial charge < -0.3 is 10.1 Å². The van der Waals surface area contributed by atoms with Crippen LogP contribution < -0.4 is 5.32 Å². The summed E-state index contributed by atoms with van der Waals surface area (Å²) in [5, 5.41) is 3.55. The summed E-state index contributed by atoms with van der Waals surface area (Å²) in [6, 6.07) is 6.42. The average molecular weight is 276 g/mol. The lowest BCUT2D eigenvalue weighted by atomic mass is 9.85. The molecule has 2 rings (SSSR count). The van der Waals surface area contributed by atoms with E-state index in [2.05, 4.69) is 10.3 Å². The van der Waals surface area contributed by atoms with Gasteiger partial charge in [-0.3, -0.25) is 9.78 Å². The van der Waals surface area contributed by atoms with E-state index in [9.17, 15) is 4.79 Å². The maximum absolute atomic E-state index is 11.8. The van der Waals surface area contributed by atoms with Crippen LogP contribution in [0.1, 0.15) is 38.3 Å². The van der Waals surface area contributed by atoms with E-state index in [0.29, 0.717) is 12.6 Å². The standard InChI is InChI=1S/C16H24N2O2/c1-2-20-16(19)13-6-5-8-15(12-13)18-11-9-14-7-3-4-10-17-14/h3-4,7,10,13,15,18H,2,5-6,8-9,11-12H2,1H3. The molecule has 0 saturated heterocycles. The largest absolute Gasteiger partial charge is 0.466 e. The summed E-state index contributed by atoms with van der Waals surface area (Å²) in [6.45, 7) is 3.26. The molecule has 0 radical (unpaired) electrons. The number of pyridine rings is 1. The highest BCUT2D eigenvalue weighted by molar-refractivity contribution is 5.72. The molecule has 2 unspecified atom stereocenters. The minimum Gasteiger partial charge on any atom is -0.466 e. The third kappa shape index (κ3) is 4.60. The molecule has 4 heteroatoms. The fourth-order valence-corrected chi connectivity index (χ4v) is 2.80. The van der Waals surface area contributed by atoms with Gasteiger partial charge in [0.25, 0.3) is 0 Å². The highest BCUT2D eigenvalue weighted by Crippen LogP contribution is 2.25. The molecule has 1 aromatic rings. The van der Waals surface area contributed by atoms with Gasteiger partial charge in [0.15, 0.2) is 0 Å². The van der Waals surface area contributed by atoms with Gasteiger partial charge in [-0.2, -0.15) is 0 Å². The summed E-state index contributed by atoms with van der Waals surface area (Å²) in [7, 11) is 0. The Kier molecular flexibility index (Phi) is 5.99. The van der Waals surface area contributed by atoms with Gasteiger partial charge in [-0.25, -0.2) is 0 Å². The third-order valence-corrected chi connectivity index (χ3v) is 3.83. The van der Waals surface area contributed by atoms with E-state index < -0.39 is 0 Å². The van der Waals surface area contributed by atoms with Crippen molar-refractivity contribution in [1.82, 2.24) is 10.3 Å². The van der Waals surface area contributed by atoms with Crippen molar-refractivity contribution in [3.8, 4) is 0 Å². The van der Waals surface area contributed by atoms with Crippen LogP contribution in [-0.2, 0) is 16.0 Å². The molecule has 0 amide bonds. The lowest BCUT2D eigenvalue weighted by molar-refractivity contribution is -0.149. The maximum Gasteiger partial charge on any atom is 0.308 e. The fourth-order valence-electron chi connectivity index (χ4n) is 2.80. The Morgan fingerprint density at radius 2 is 2.35 bits per heavy atom. The number of ether oxygens (including phenoxy) is 1. The van der Waals surface area contributed by atoms with Crippen LogP contribution in [-0.4, -0.2) is 30.1 Å². The zero-order valence-electron chi connectivity index (χ0n) is 12.2. The molecule has 0 spiro atoms. The fraction of sp³-hybridized carbons (Fsp3) is 0.625. The van der Waals surface area contributed by atoms with Crippen molar-refractivity contribution in [2.45, 2.75) is 45.1 Å². The Hall–Kier alpha value is -1.42. The minimum atomic E-state index is -0.0243. The Morgan fingerprint density at radius 1 is 1.45 bits per heavy atom. The highest BCUT2D eigenvalue weighted by atomic mass is 16.5. The first kappa shape index (κ1) is 15.0. The lowest BCUT2D eigenvalue weighted by Gasteiger charge is -2.28. The minimum absolute atomic E-state index is 0.0243. The number of nitrogens with one attached hydrogen (secondary N) is 1. The van der Waals surface area contributed by atoms with Crippen LogP contribution >= 0.6 is 0 Å². The Balaban J connectivity index is 1.71. The van der Waals surface area contributed by atoms with Crippen molar-refractivity contribution in [2.75, 3.05) is 13.2 Å². The molecule has 4 nitrogen and oxygen atoms in total. The molecular formula is C16H24N2O2. The number of hydrogen-bond acceptors (Lipinski definition) is 4. The number of aromatic nitrogens is 1. The molecule has 1 N–H and O–H groups in total. The zero-order chi connectivity index (χ0) is 14.2. The SMILES string of the molecule is CCOC(=O)C1CCCC(NCCc2ccccn2)C1. The summed E-state index contributed by atoms with van der Waals surface area (Å²) in [5.74, 6) is 0.0553. The average Bonchev–Trinajstić information content (AvgIpc) is 2.49. The van der Waals surface area contributed by atoms with Gasteiger partial charge in [0.1, 0.15) is 0 Å². The highest BCUT2D eigenvalue weighted by Gasteiger charge is 2.27. The van der Waals surface area contributed by atoms with E-state index >= 15 is 0 Å². The van der Waals surface area contributed by atoms with Crippen molar-refractivity contribution in [2.24, 2.45) is 5.92 Å². The summed E-state index contributed by atoms with van der Waals surface area (Å²) in [6.07, 6.45) is 6.88. The van der Waals surface area contributed by atoms with Crippen molar-refractivity contribution in [3.63, 3.8) is 0 Å². The number of rotatable bonds is 6. The molecule has 0 aliphatic heterocycles. The van der Waals surface area contributed by atoms with E-state index in [1.807, 2.05) is 31.3 Å². The molecular weight excluding hydrogens is 252 g/mol. The second-order valence-corrected chi connectivity index (χ2v) is 5.34. The number of carbonyl (C=O) groups excluding carboxylic acids is 1. The smallest absolute Gasteiger partial charge is 0.308 e. The van der Waals surface area contributed by atoms with Crippen LogP contribution in [0.2, 0.25) is 0 Å². The van der Waals surface area contributed by atoms with Gasteiger partial charge in [-0.05, 0) is 38.3 Å². The van der Waals surface area contributed by atoms with Crippen molar-refractivity contribution in [1.29, 1.82) is 0 Å². The quantitative estimate of drug-likeness (QED) is 0.810. The molecule has 20 heavy (non-hydrogen) atoms. The second-order valence-electron chi connectivity index (χ2n) is 5.34. The molecule has 1 saturated carbocycles. The number of carbonyl (C=O) groups is 1. The first-order valence-corrected chi connectivity index (χ1v) is 7.59. The molecule has 2 atom stereocenters. The van der Waals surface area contributed by atoms with Crippen LogP contribution in [0.5, 0.6) is 0 Å². The van der Waals surface area contributed by atoms with Crippen LogP contribution in [0, 0.1) is 5.92 Å². The third-order valence-electron chi connectivity index (χ3n) is 3.83. The predicted molar refractivity (Wildman–Crippen MR) is 78.3 cm³/mol. The molecule has 1 fully saturated rings. The number of esters is 1. The Morgan fingerprint density at radius 3 is 3.10 bits per heavy atom. The van der Waals surface area contributed by atoms with E-state index in [0.717, 1.165) is 44.3 Å². The molecule has 110 valence electrons. The maximum atomic E-state index is 11.8. The zero-order valence-corrected chi connectivity index (χ0v) is 12.2. The van der Waals surface area contributed by atoms with Crippen LogP contribution in [0.15, 0.2) is 24.4 Å².